The highest BCUT2D eigenvalue weighted by molar-refractivity contribution is 5.97. The number of carbonyl (C=O) groups is 2. The SMILES string of the molecule is CC(C)[C@H](NC(=O)COc1ccccc1)C(=O)Nc1ccc(CC#N)cc1. The Bertz CT molecular complexity index is 796. The first-order chi connectivity index (χ1) is 13.0. The van der Waals surface area contributed by atoms with E-state index < -0.39 is 6.04 Å². The van der Waals surface area contributed by atoms with Crippen LogP contribution in [0.25, 0.3) is 0 Å². The van der Waals surface area contributed by atoms with Crippen molar-refractivity contribution in [1.82, 2.24) is 5.32 Å². The number of nitrogens with zero attached hydrogens (tertiary/aromatic N) is 1. The molecular formula is C21H23N3O3. The minimum absolute atomic E-state index is 0.0939. The van der Waals surface area contributed by atoms with Gasteiger partial charge in [0.25, 0.3) is 5.91 Å². The van der Waals surface area contributed by atoms with E-state index in [0.29, 0.717) is 17.9 Å². The quantitative estimate of drug-likeness (QED) is 0.752. The summed E-state index contributed by atoms with van der Waals surface area (Å²) >= 11 is 0. The first-order valence-electron chi connectivity index (χ1n) is 8.73. The highest BCUT2D eigenvalue weighted by atomic mass is 16.5. The van der Waals surface area contributed by atoms with E-state index in [2.05, 4.69) is 16.7 Å². The lowest BCUT2D eigenvalue weighted by Crippen LogP contribution is -2.48. The van der Waals surface area contributed by atoms with Crippen molar-refractivity contribution in [3.8, 4) is 11.8 Å². The number of para-hydroxylation sites is 1. The molecule has 2 rings (SSSR count). The average molecular weight is 365 g/mol. The van der Waals surface area contributed by atoms with Crippen LogP contribution in [0.1, 0.15) is 19.4 Å². The number of anilines is 1. The number of hydrogen-bond donors (Lipinski definition) is 2. The van der Waals surface area contributed by atoms with Crippen molar-refractivity contribution in [3.05, 3.63) is 60.2 Å². The van der Waals surface area contributed by atoms with Crippen LogP contribution in [0.15, 0.2) is 54.6 Å². The summed E-state index contributed by atoms with van der Waals surface area (Å²) in [6, 6.07) is 17.5. The number of nitrogens with one attached hydrogen (secondary N) is 2. The molecule has 0 radical (unpaired) electrons. The van der Waals surface area contributed by atoms with Crippen molar-refractivity contribution in [2.45, 2.75) is 26.3 Å². The van der Waals surface area contributed by atoms with Gasteiger partial charge in [-0.2, -0.15) is 5.26 Å². The molecule has 27 heavy (non-hydrogen) atoms. The van der Waals surface area contributed by atoms with Gasteiger partial charge >= 0.3 is 0 Å². The minimum atomic E-state index is -0.685. The number of carbonyl (C=O) groups excluding carboxylic acids is 2. The number of rotatable bonds is 8. The molecule has 0 saturated carbocycles. The summed E-state index contributed by atoms with van der Waals surface area (Å²) in [5.74, 6) is -0.164. The van der Waals surface area contributed by atoms with Crippen LogP contribution in [0, 0.1) is 17.2 Å². The number of amides is 2. The average Bonchev–Trinajstić information content (AvgIpc) is 2.66. The monoisotopic (exact) mass is 365 g/mol. The van der Waals surface area contributed by atoms with Crippen LogP contribution in [-0.2, 0) is 16.0 Å². The van der Waals surface area contributed by atoms with Crippen LogP contribution < -0.4 is 15.4 Å². The van der Waals surface area contributed by atoms with Gasteiger partial charge in [-0.15, -0.1) is 0 Å². The molecule has 1 atom stereocenters. The van der Waals surface area contributed by atoms with Crippen molar-refractivity contribution in [1.29, 1.82) is 5.26 Å². The molecule has 0 aliphatic carbocycles. The Kier molecular flexibility index (Phi) is 7.38. The zero-order valence-electron chi connectivity index (χ0n) is 15.4. The predicted molar refractivity (Wildman–Crippen MR) is 103 cm³/mol. The normalized spacial score (nSPS) is 11.3. The lowest BCUT2D eigenvalue weighted by Gasteiger charge is -2.22. The Morgan fingerprint density at radius 1 is 1.07 bits per heavy atom. The maximum atomic E-state index is 12.6. The van der Waals surface area contributed by atoms with Crippen molar-refractivity contribution >= 4 is 17.5 Å². The molecule has 6 heteroatoms. The van der Waals surface area contributed by atoms with E-state index in [1.807, 2.05) is 32.0 Å². The van der Waals surface area contributed by atoms with E-state index in [9.17, 15) is 9.59 Å². The first-order valence-corrected chi connectivity index (χ1v) is 8.73. The fourth-order valence-corrected chi connectivity index (χ4v) is 2.43. The molecule has 2 aromatic carbocycles. The smallest absolute Gasteiger partial charge is 0.258 e. The second-order valence-electron chi connectivity index (χ2n) is 6.41. The summed E-state index contributed by atoms with van der Waals surface area (Å²) < 4.78 is 5.41. The van der Waals surface area contributed by atoms with Crippen molar-refractivity contribution in [2.24, 2.45) is 5.92 Å². The molecule has 0 aliphatic rings. The third-order valence-electron chi connectivity index (χ3n) is 3.88. The summed E-state index contributed by atoms with van der Waals surface area (Å²) in [5, 5.41) is 14.2. The third-order valence-corrected chi connectivity index (χ3v) is 3.88. The summed E-state index contributed by atoms with van der Waals surface area (Å²) in [5.41, 5.74) is 1.49. The van der Waals surface area contributed by atoms with Crippen molar-refractivity contribution in [2.75, 3.05) is 11.9 Å². The van der Waals surface area contributed by atoms with Gasteiger partial charge in [0.05, 0.1) is 12.5 Å². The van der Waals surface area contributed by atoms with E-state index in [0.717, 1.165) is 5.56 Å². The molecule has 0 heterocycles. The molecule has 2 aromatic rings. The number of ether oxygens (including phenoxy) is 1. The number of benzene rings is 2. The molecule has 6 nitrogen and oxygen atoms in total. The van der Waals surface area contributed by atoms with E-state index in [-0.39, 0.29) is 24.3 Å². The number of hydrogen-bond acceptors (Lipinski definition) is 4. The van der Waals surface area contributed by atoms with Gasteiger partial charge in [0, 0.05) is 5.69 Å². The largest absolute Gasteiger partial charge is 0.484 e. The first kappa shape index (κ1) is 20.0. The summed E-state index contributed by atoms with van der Waals surface area (Å²) in [6.07, 6.45) is 0.320. The Balaban J connectivity index is 1.92. The second kappa shape index (κ2) is 9.97. The highest BCUT2D eigenvalue weighted by Crippen LogP contribution is 2.12. The van der Waals surface area contributed by atoms with Crippen LogP contribution in [0.3, 0.4) is 0 Å². The fraction of sp³-hybridized carbons (Fsp3) is 0.286. The topological polar surface area (TPSA) is 91.2 Å². The molecule has 0 aliphatic heterocycles. The molecule has 0 saturated heterocycles. The summed E-state index contributed by atoms with van der Waals surface area (Å²) in [4.78, 5) is 24.7. The van der Waals surface area contributed by atoms with E-state index in [1.54, 1.807) is 36.4 Å². The van der Waals surface area contributed by atoms with Gasteiger partial charge in [0.2, 0.25) is 5.91 Å². The van der Waals surface area contributed by atoms with Crippen molar-refractivity contribution < 1.29 is 14.3 Å². The lowest BCUT2D eigenvalue weighted by atomic mass is 10.0. The molecule has 0 fully saturated rings. The minimum Gasteiger partial charge on any atom is -0.484 e. The maximum absolute atomic E-state index is 12.6. The Morgan fingerprint density at radius 2 is 1.74 bits per heavy atom. The standard InChI is InChI=1S/C21H23N3O3/c1-15(2)20(24-19(25)14-27-18-6-4-3-5-7-18)21(26)23-17-10-8-16(9-11-17)12-13-22/h3-11,15,20H,12,14H2,1-2H3,(H,23,26)(H,24,25)/t20-/m0/s1. The summed E-state index contributed by atoms with van der Waals surface area (Å²) in [6.45, 7) is 3.56. The molecule has 0 spiro atoms. The Morgan fingerprint density at radius 3 is 2.33 bits per heavy atom. The molecule has 140 valence electrons. The zero-order valence-corrected chi connectivity index (χ0v) is 15.4. The van der Waals surface area contributed by atoms with Crippen LogP contribution >= 0.6 is 0 Å². The fourth-order valence-electron chi connectivity index (χ4n) is 2.43. The highest BCUT2D eigenvalue weighted by Gasteiger charge is 2.24. The van der Waals surface area contributed by atoms with E-state index in [4.69, 9.17) is 10.00 Å². The number of nitriles is 1. The molecule has 0 bridgehead atoms. The lowest BCUT2D eigenvalue weighted by molar-refractivity contribution is -0.128. The molecule has 2 amide bonds. The molecular weight excluding hydrogens is 342 g/mol. The maximum Gasteiger partial charge on any atom is 0.258 e. The molecule has 0 aromatic heterocycles. The van der Waals surface area contributed by atoms with Crippen molar-refractivity contribution in [3.63, 3.8) is 0 Å². The van der Waals surface area contributed by atoms with Gasteiger partial charge in [0.1, 0.15) is 11.8 Å². The van der Waals surface area contributed by atoms with Gasteiger partial charge in [0.15, 0.2) is 6.61 Å². The Labute approximate surface area is 159 Å². The van der Waals surface area contributed by atoms with E-state index >= 15 is 0 Å². The summed E-state index contributed by atoms with van der Waals surface area (Å²) in [7, 11) is 0. The van der Waals surface area contributed by atoms with Gasteiger partial charge in [-0.05, 0) is 35.7 Å². The van der Waals surface area contributed by atoms with Gasteiger partial charge in [-0.1, -0.05) is 44.2 Å². The third kappa shape index (κ3) is 6.48. The molecule has 0 unspecified atom stereocenters. The van der Waals surface area contributed by atoms with Crippen LogP contribution in [-0.4, -0.2) is 24.5 Å². The van der Waals surface area contributed by atoms with Gasteiger partial charge in [-0.25, -0.2) is 0 Å². The van der Waals surface area contributed by atoms with Crippen LogP contribution in [0.5, 0.6) is 5.75 Å². The van der Waals surface area contributed by atoms with Crippen LogP contribution in [0.4, 0.5) is 5.69 Å². The van der Waals surface area contributed by atoms with E-state index in [1.165, 1.54) is 0 Å². The van der Waals surface area contributed by atoms with Crippen LogP contribution in [0.2, 0.25) is 0 Å². The van der Waals surface area contributed by atoms with Gasteiger partial charge < -0.3 is 15.4 Å². The van der Waals surface area contributed by atoms with Gasteiger partial charge in [-0.3, -0.25) is 9.59 Å². The Hall–Kier alpha value is -3.33. The molecule has 2 N–H and O–H groups in total. The second-order valence-corrected chi connectivity index (χ2v) is 6.41. The predicted octanol–water partition coefficient (Wildman–Crippen LogP) is 2.91. The zero-order chi connectivity index (χ0) is 19.6.